The fourth-order valence-electron chi connectivity index (χ4n) is 2.41. The van der Waals surface area contributed by atoms with Gasteiger partial charge in [0.1, 0.15) is 16.6 Å². The summed E-state index contributed by atoms with van der Waals surface area (Å²) in [6, 6.07) is 8.35. The molecule has 0 saturated heterocycles. The van der Waals surface area contributed by atoms with E-state index >= 15 is 0 Å². The Bertz CT molecular complexity index is 1040. The van der Waals surface area contributed by atoms with Crippen LogP contribution in [0.1, 0.15) is 22.4 Å². The molecule has 0 fully saturated rings. The maximum Gasteiger partial charge on any atom is 0.416 e. The van der Waals surface area contributed by atoms with Crippen molar-refractivity contribution in [2.45, 2.75) is 19.6 Å². The molecule has 0 bridgehead atoms. The summed E-state index contributed by atoms with van der Waals surface area (Å²) in [4.78, 5) is 16.6. The van der Waals surface area contributed by atoms with Gasteiger partial charge < -0.3 is 4.57 Å². The minimum Gasteiger partial charge on any atom is -0.308 e. The number of hydrogen-bond donors (Lipinski definition) is 0. The Kier molecular flexibility index (Phi) is 4.66. The lowest BCUT2D eigenvalue weighted by atomic mass is 10.1. The number of alkyl halides is 3. The summed E-state index contributed by atoms with van der Waals surface area (Å²) in [6.07, 6.45) is -2.78. The van der Waals surface area contributed by atoms with Crippen LogP contribution in [0.3, 0.4) is 0 Å². The molecule has 0 aliphatic rings. The Morgan fingerprint density at radius 1 is 1.23 bits per heavy atom. The molecule has 0 aliphatic heterocycles. The van der Waals surface area contributed by atoms with E-state index in [0.29, 0.717) is 21.8 Å². The number of thiazole rings is 1. The Morgan fingerprint density at radius 2 is 1.92 bits per heavy atom. The van der Waals surface area contributed by atoms with Crippen LogP contribution < -0.4 is 5.56 Å². The van der Waals surface area contributed by atoms with Crippen LogP contribution in [0.15, 0.2) is 46.7 Å². The van der Waals surface area contributed by atoms with E-state index in [2.05, 4.69) is 4.98 Å². The number of benzene rings is 1. The number of hydrogen-bond acceptors (Lipinski definition) is 4. The van der Waals surface area contributed by atoms with Gasteiger partial charge in [0.15, 0.2) is 0 Å². The van der Waals surface area contributed by atoms with Crippen LogP contribution in [0.25, 0.3) is 10.6 Å². The van der Waals surface area contributed by atoms with Gasteiger partial charge in [-0.3, -0.25) is 4.79 Å². The molecule has 3 aromatic rings. The standard InChI is InChI=1S/C18H12F3N3OS/c1-11-6-7-24(17(25)15(11)8-22)9-14-10-26-16(23-14)12-2-4-13(5-3-12)18(19,20)21/h2-7,10H,9H2,1H3. The van der Waals surface area contributed by atoms with Gasteiger partial charge in [0.05, 0.1) is 17.8 Å². The molecule has 0 unspecified atom stereocenters. The van der Waals surface area contributed by atoms with Crippen LogP contribution in [0.2, 0.25) is 0 Å². The molecule has 1 aromatic carbocycles. The third-order valence-electron chi connectivity index (χ3n) is 3.83. The quantitative estimate of drug-likeness (QED) is 0.689. The molecule has 0 N–H and O–H groups in total. The fourth-order valence-corrected chi connectivity index (χ4v) is 3.23. The van der Waals surface area contributed by atoms with Gasteiger partial charge in [-0.1, -0.05) is 12.1 Å². The Hall–Kier alpha value is -2.92. The summed E-state index contributed by atoms with van der Waals surface area (Å²) in [5, 5.41) is 11.4. The molecule has 0 atom stereocenters. The van der Waals surface area contributed by atoms with Gasteiger partial charge in [-0.15, -0.1) is 11.3 Å². The number of nitriles is 1. The van der Waals surface area contributed by atoms with Crippen molar-refractivity contribution in [2.75, 3.05) is 0 Å². The predicted molar refractivity (Wildman–Crippen MR) is 91.8 cm³/mol. The zero-order chi connectivity index (χ0) is 18.9. The van der Waals surface area contributed by atoms with Crippen molar-refractivity contribution in [2.24, 2.45) is 0 Å². The van der Waals surface area contributed by atoms with Crippen molar-refractivity contribution >= 4 is 11.3 Å². The van der Waals surface area contributed by atoms with Crippen LogP contribution in [0.4, 0.5) is 13.2 Å². The van der Waals surface area contributed by atoms with Gasteiger partial charge in [-0.2, -0.15) is 18.4 Å². The van der Waals surface area contributed by atoms with E-state index in [1.54, 1.807) is 24.6 Å². The van der Waals surface area contributed by atoms with E-state index in [1.807, 2.05) is 6.07 Å². The van der Waals surface area contributed by atoms with E-state index < -0.39 is 17.3 Å². The molecule has 4 nitrogen and oxygen atoms in total. The van der Waals surface area contributed by atoms with Crippen LogP contribution in [-0.2, 0) is 12.7 Å². The lowest BCUT2D eigenvalue weighted by Crippen LogP contribution is -2.23. The van der Waals surface area contributed by atoms with Gasteiger partial charge in [0.2, 0.25) is 0 Å². The van der Waals surface area contributed by atoms with Gasteiger partial charge in [-0.05, 0) is 30.7 Å². The molecule has 3 rings (SSSR count). The van der Waals surface area contributed by atoms with Crippen molar-refractivity contribution in [3.63, 3.8) is 0 Å². The topological polar surface area (TPSA) is 58.7 Å². The zero-order valence-corrected chi connectivity index (χ0v) is 14.4. The molecule has 8 heteroatoms. The number of pyridine rings is 1. The van der Waals surface area contributed by atoms with Crippen LogP contribution in [0, 0.1) is 18.3 Å². The van der Waals surface area contributed by atoms with E-state index in [9.17, 15) is 18.0 Å². The largest absolute Gasteiger partial charge is 0.416 e. The minimum absolute atomic E-state index is 0.0886. The lowest BCUT2D eigenvalue weighted by Gasteiger charge is -2.06. The number of nitrogens with zero attached hydrogens (tertiary/aromatic N) is 3. The fraction of sp³-hybridized carbons (Fsp3) is 0.167. The Balaban J connectivity index is 1.85. The first kappa shape index (κ1) is 17.9. The summed E-state index contributed by atoms with van der Waals surface area (Å²) >= 11 is 1.28. The number of aromatic nitrogens is 2. The summed E-state index contributed by atoms with van der Waals surface area (Å²) in [5.41, 5.74) is 0.760. The first-order chi connectivity index (χ1) is 12.3. The highest BCUT2D eigenvalue weighted by molar-refractivity contribution is 7.13. The molecule has 2 aromatic heterocycles. The number of rotatable bonds is 3. The monoisotopic (exact) mass is 375 g/mol. The molecular formula is C18H12F3N3OS. The Labute approximate surface area is 150 Å². The molecule has 0 spiro atoms. The van der Waals surface area contributed by atoms with Crippen molar-refractivity contribution < 1.29 is 13.2 Å². The molecule has 132 valence electrons. The summed E-state index contributed by atoms with van der Waals surface area (Å²) in [7, 11) is 0. The van der Waals surface area contributed by atoms with Gasteiger partial charge in [0.25, 0.3) is 5.56 Å². The molecular weight excluding hydrogens is 363 g/mol. The second-order valence-electron chi connectivity index (χ2n) is 5.64. The van der Waals surface area contributed by atoms with Crippen LogP contribution >= 0.6 is 11.3 Å². The van der Waals surface area contributed by atoms with E-state index in [-0.39, 0.29) is 12.1 Å². The second kappa shape index (κ2) is 6.77. The normalized spacial score (nSPS) is 11.3. The smallest absolute Gasteiger partial charge is 0.308 e. The third-order valence-corrected chi connectivity index (χ3v) is 4.77. The van der Waals surface area contributed by atoms with Gasteiger partial charge in [-0.25, -0.2) is 4.98 Å². The lowest BCUT2D eigenvalue weighted by molar-refractivity contribution is -0.137. The molecule has 0 aliphatic carbocycles. The number of aryl methyl sites for hydroxylation is 1. The van der Waals surface area contributed by atoms with Crippen molar-refractivity contribution in [3.05, 3.63) is 74.6 Å². The van der Waals surface area contributed by atoms with Gasteiger partial charge in [0, 0.05) is 17.1 Å². The predicted octanol–water partition coefficient (Wildman–Crippen LogP) is 4.22. The average molecular weight is 375 g/mol. The van der Waals surface area contributed by atoms with Crippen LogP contribution in [0.5, 0.6) is 0 Å². The first-order valence-electron chi connectivity index (χ1n) is 7.52. The van der Waals surface area contributed by atoms with E-state index in [0.717, 1.165) is 12.1 Å². The van der Waals surface area contributed by atoms with Crippen molar-refractivity contribution in [3.8, 4) is 16.6 Å². The van der Waals surface area contributed by atoms with E-state index in [1.165, 1.54) is 28.0 Å². The SMILES string of the molecule is Cc1ccn(Cc2csc(-c3ccc(C(F)(F)F)cc3)n2)c(=O)c1C#N. The third kappa shape index (κ3) is 3.53. The zero-order valence-electron chi connectivity index (χ0n) is 13.5. The maximum absolute atomic E-state index is 12.6. The highest BCUT2D eigenvalue weighted by Gasteiger charge is 2.30. The van der Waals surface area contributed by atoms with Crippen molar-refractivity contribution in [1.82, 2.24) is 9.55 Å². The average Bonchev–Trinajstić information content (AvgIpc) is 3.06. The summed E-state index contributed by atoms with van der Waals surface area (Å²) in [5.74, 6) is 0. The first-order valence-corrected chi connectivity index (χ1v) is 8.40. The van der Waals surface area contributed by atoms with E-state index in [4.69, 9.17) is 5.26 Å². The number of halogens is 3. The highest BCUT2D eigenvalue weighted by Crippen LogP contribution is 2.31. The van der Waals surface area contributed by atoms with Crippen LogP contribution in [-0.4, -0.2) is 9.55 Å². The maximum atomic E-state index is 12.6. The molecule has 0 radical (unpaired) electrons. The minimum atomic E-state index is -4.38. The summed E-state index contributed by atoms with van der Waals surface area (Å²) < 4.78 is 39.3. The second-order valence-corrected chi connectivity index (χ2v) is 6.50. The molecule has 26 heavy (non-hydrogen) atoms. The molecule has 0 amide bonds. The molecule has 2 heterocycles. The summed E-state index contributed by atoms with van der Waals surface area (Å²) in [6.45, 7) is 1.88. The highest BCUT2D eigenvalue weighted by atomic mass is 32.1. The molecule has 0 saturated carbocycles. The Morgan fingerprint density at radius 3 is 2.54 bits per heavy atom. The van der Waals surface area contributed by atoms with Gasteiger partial charge >= 0.3 is 6.18 Å². The van der Waals surface area contributed by atoms with Crippen molar-refractivity contribution in [1.29, 1.82) is 5.26 Å².